The van der Waals surface area contributed by atoms with Gasteiger partial charge in [-0.3, -0.25) is 0 Å². The molecule has 0 aliphatic carbocycles. The van der Waals surface area contributed by atoms with E-state index in [2.05, 4.69) is 13.0 Å². The number of methoxy groups -OCH3 is 1. The fourth-order valence-corrected chi connectivity index (χ4v) is 3.90. The summed E-state index contributed by atoms with van der Waals surface area (Å²) >= 11 is 0. The molecule has 36 heavy (non-hydrogen) atoms. The van der Waals surface area contributed by atoms with Gasteiger partial charge in [0, 0.05) is 11.6 Å². The molecule has 3 aromatic rings. The van der Waals surface area contributed by atoms with Gasteiger partial charge >= 0.3 is 5.97 Å². The van der Waals surface area contributed by atoms with Crippen LogP contribution in [-0.4, -0.2) is 19.7 Å². The molecule has 0 bridgehead atoms. The van der Waals surface area contributed by atoms with Crippen LogP contribution < -0.4 is 24.7 Å². The summed E-state index contributed by atoms with van der Waals surface area (Å²) in [6, 6.07) is 17.5. The highest BCUT2D eigenvalue weighted by Crippen LogP contribution is 2.45. The number of nitriles is 1. The zero-order chi connectivity index (χ0) is 25.7. The number of fused-ring (bicyclic) bond motifs is 1. The number of carbonyl (C=O) groups is 1. The Bertz CT molecular complexity index is 1350. The summed E-state index contributed by atoms with van der Waals surface area (Å²) in [7, 11) is 1.56. The number of hydrogen-bond acceptors (Lipinski definition) is 7. The molecule has 0 saturated heterocycles. The first-order chi connectivity index (χ1) is 17.4. The highest BCUT2D eigenvalue weighted by molar-refractivity contribution is 5.91. The summed E-state index contributed by atoms with van der Waals surface area (Å²) in [6.07, 6.45) is 1.93. The lowest BCUT2D eigenvalue weighted by Crippen LogP contribution is -2.21. The Labute approximate surface area is 208 Å². The van der Waals surface area contributed by atoms with Crippen LogP contribution in [-0.2, 0) is 0 Å². The predicted octanol–water partition coefficient (Wildman–Crippen LogP) is 5.45. The molecule has 7 nitrogen and oxygen atoms in total. The number of hydrogen-bond donors (Lipinski definition) is 1. The summed E-state index contributed by atoms with van der Waals surface area (Å²) in [6.45, 7) is 2.66. The van der Waals surface area contributed by atoms with Crippen molar-refractivity contribution in [2.75, 3.05) is 13.7 Å². The number of allylic oxidation sites excluding steroid dienone is 1. The molecule has 0 saturated carbocycles. The van der Waals surface area contributed by atoms with Crippen LogP contribution in [0.15, 0.2) is 72.1 Å². The number of carbonyl (C=O) groups excluding carboxylic acids is 1. The molecular formula is C28H25FN2O5. The van der Waals surface area contributed by atoms with Crippen LogP contribution in [0.1, 0.15) is 47.2 Å². The van der Waals surface area contributed by atoms with E-state index >= 15 is 0 Å². The maximum Gasteiger partial charge on any atom is 0.343 e. The van der Waals surface area contributed by atoms with Crippen LogP contribution in [0.5, 0.6) is 23.0 Å². The second-order valence-corrected chi connectivity index (χ2v) is 8.13. The highest BCUT2D eigenvalue weighted by Gasteiger charge is 2.31. The van der Waals surface area contributed by atoms with E-state index in [9.17, 15) is 14.4 Å². The maximum absolute atomic E-state index is 13.2. The molecule has 0 aromatic heterocycles. The van der Waals surface area contributed by atoms with Crippen LogP contribution in [0, 0.1) is 17.1 Å². The van der Waals surface area contributed by atoms with Crippen molar-refractivity contribution in [2.45, 2.75) is 25.7 Å². The number of nitrogens with two attached hydrogens (primary N) is 1. The number of ether oxygens (including phenoxy) is 4. The lowest BCUT2D eigenvalue weighted by molar-refractivity contribution is 0.0734. The van der Waals surface area contributed by atoms with Crippen LogP contribution >= 0.6 is 0 Å². The van der Waals surface area contributed by atoms with Crippen molar-refractivity contribution >= 4 is 5.97 Å². The fraction of sp³-hybridized carbons (Fsp3) is 0.214. The second kappa shape index (κ2) is 10.8. The van der Waals surface area contributed by atoms with Gasteiger partial charge in [-0.15, -0.1) is 0 Å². The van der Waals surface area contributed by atoms with Crippen molar-refractivity contribution < 1.29 is 28.1 Å². The summed E-state index contributed by atoms with van der Waals surface area (Å²) in [5, 5.41) is 9.84. The molecule has 3 aromatic carbocycles. The molecule has 8 heteroatoms. The molecule has 0 spiro atoms. The Morgan fingerprint density at radius 1 is 1.11 bits per heavy atom. The summed E-state index contributed by atoms with van der Waals surface area (Å²) < 4.78 is 35.7. The van der Waals surface area contributed by atoms with Crippen molar-refractivity contribution in [3.05, 3.63) is 94.6 Å². The van der Waals surface area contributed by atoms with E-state index in [1.54, 1.807) is 19.2 Å². The molecule has 1 heterocycles. The molecular weight excluding hydrogens is 463 g/mol. The lowest BCUT2D eigenvalue weighted by atomic mass is 9.83. The summed E-state index contributed by atoms with van der Waals surface area (Å²) in [5.41, 5.74) is 7.99. The van der Waals surface area contributed by atoms with Crippen LogP contribution in [0.2, 0.25) is 0 Å². The molecule has 4 rings (SSSR count). The van der Waals surface area contributed by atoms with E-state index in [0.717, 1.165) is 18.4 Å². The van der Waals surface area contributed by atoms with Crippen LogP contribution in [0.3, 0.4) is 0 Å². The minimum absolute atomic E-state index is 0.0424. The average Bonchev–Trinajstić information content (AvgIpc) is 2.88. The van der Waals surface area contributed by atoms with Gasteiger partial charge in [-0.05, 0) is 54.4 Å². The third-order valence-corrected chi connectivity index (χ3v) is 5.76. The molecule has 2 N–H and O–H groups in total. The van der Waals surface area contributed by atoms with Gasteiger partial charge in [0.1, 0.15) is 29.0 Å². The zero-order valence-corrected chi connectivity index (χ0v) is 19.9. The van der Waals surface area contributed by atoms with Crippen molar-refractivity contribution in [1.82, 2.24) is 0 Å². The Morgan fingerprint density at radius 3 is 2.58 bits per heavy atom. The van der Waals surface area contributed by atoms with Gasteiger partial charge in [0.2, 0.25) is 5.88 Å². The molecule has 1 aliphatic rings. The average molecular weight is 489 g/mol. The number of benzene rings is 3. The SMILES string of the molecule is CCCCOc1ccc(C2C(C#N)=C(N)Oc3cc(OC(=O)c4ccc(F)cc4)ccc32)cc1OC. The normalized spacial score (nSPS) is 14.3. The Balaban J connectivity index is 1.66. The van der Waals surface area contributed by atoms with E-state index < -0.39 is 17.7 Å². The number of esters is 1. The van der Waals surface area contributed by atoms with E-state index in [1.165, 1.54) is 30.3 Å². The van der Waals surface area contributed by atoms with Crippen molar-refractivity contribution in [1.29, 1.82) is 5.26 Å². The molecule has 1 atom stereocenters. The Kier molecular flexibility index (Phi) is 7.40. The number of rotatable bonds is 8. The first-order valence-corrected chi connectivity index (χ1v) is 11.4. The third-order valence-electron chi connectivity index (χ3n) is 5.76. The fourth-order valence-electron chi connectivity index (χ4n) is 3.90. The van der Waals surface area contributed by atoms with Crippen molar-refractivity contribution in [2.24, 2.45) is 5.73 Å². The molecule has 184 valence electrons. The standard InChI is InChI=1S/C28H25FN2O5/c1-3-4-13-34-23-12-7-18(14-25(23)33-2)26-21-11-10-20(15-24(21)36-27(31)22(26)16-30)35-28(32)17-5-8-19(29)9-6-17/h5-12,14-15,26H,3-4,13,31H2,1-2H3. The van der Waals surface area contributed by atoms with E-state index in [1.807, 2.05) is 18.2 Å². The minimum atomic E-state index is -0.646. The van der Waals surface area contributed by atoms with Gasteiger partial charge < -0.3 is 24.7 Å². The number of halogens is 1. The summed E-state index contributed by atoms with van der Waals surface area (Å²) in [5.74, 6) is 0.0474. The monoisotopic (exact) mass is 488 g/mol. The number of unbranched alkanes of at least 4 members (excludes halogenated alkanes) is 1. The first kappa shape index (κ1) is 24.6. The lowest BCUT2D eigenvalue weighted by Gasteiger charge is -2.27. The van der Waals surface area contributed by atoms with Gasteiger partial charge in [-0.1, -0.05) is 25.5 Å². The largest absolute Gasteiger partial charge is 0.493 e. The van der Waals surface area contributed by atoms with Crippen molar-refractivity contribution in [3.8, 4) is 29.1 Å². The summed E-state index contributed by atoms with van der Waals surface area (Å²) in [4.78, 5) is 12.5. The topological polar surface area (TPSA) is 104 Å². The van der Waals surface area contributed by atoms with E-state index in [-0.39, 0.29) is 22.8 Å². The minimum Gasteiger partial charge on any atom is -0.493 e. The molecule has 0 amide bonds. The van der Waals surface area contributed by atoms with Gasteiger partial charge in [0.25, 0.3) is 0 Å². The van der Waals surface area contributed by atoms with E-state index in [0.29, 0.717) is 29.4 Å². The van der Waals surface area contributed by atoms with Crippen LogP contribution in [0.4, 0.5) is 4.39 Å². The molecule has 0 fully saturated rings. The van der Waals surface area contributed by atoms with Gasteiger partial charge in [0.05, 0.1) is 25.2 Å². The van der Waals surface area contributed by atoms with Gasteiger partial charge in [0.15, 0.2) is 11.5 Å². The molecule has 0 radical (unpaired) electrons. The van der Waals surface area contributed by atoms with Crippen molar-refractivity contribution in [3.63, 3.8) is 0 Å². The highest BCUT2D eigenvalue weighted by atomic mass is 19.1. The van der Waals surface area contributed by atoms with Crippen LogP contribution in [0.25, 0.3) is 0 Å². The zero-order valence-electron chi connectivity index (χ0n) is 19.9. The third kappa shape index (κ3) is 5.10. The molecule has 1 aliphatic heterocycles. The quantitative estimate of drug-likeness (QED) is 0.255. The number of nitrogens with zero attached hydrogens (tertiary/aromatic N) is 1. The second-order valence-electron chi connectivity index (χ2n) is 8.13. The van der Waals surface area contributed by atoms with Gasteiger partial charge in [-0.2, -0.15) is 5.26 Å². The Morgan fingerprint density at radius 2 is 1.89 bits per heavy atom. The van der Waals surface area contributed by atoms with Gasteiger partial charge in [-0.25, -0.2) is 9.18 Å². The predicted molar refractivity (Wildman–Crippen MR) is 130 cm³/mol. The molecule has 1 unspecified atom stereocenters. The smallest absolute Gasteiger partial charge is 0.343 e. The Hall–Kier alpha value is -4.51. The maximum atomic E-state index is 13.2. The van der Waals surface area contributed by atoms with E-state index in [4.69, 9.17) is 24.7 Å². The first-order valence-electron chi connectivity index (χ1n) is 11.4.